The quantitative estimate of drug-likeness (QED) is 0.736. The summed E-state index contributed by atoms with van der Waals surface area (Å²) in [4.78, 5) is 11.7. The van der Waals surface area contributed by atoms with Gasteiger partial charge < -0.3 is 10.1 Å². The summed E-state index contributed by atoms with van der Waals surface area (Å²) in [5, 5.41) is 2.87. The Balaban J connectivity index is 2.11. The molecule has 1 saturated carbocycles. The fourth-order valence-corrected chi connectivity index (χ4v) is 2.83. The number of carbonyl (C=O) groups is 1. The van der Waals surface area contributed by atoms with E-state index in [1.54, 1.807) is 6.92 Å². The van der Waals surface area contributed by atoms with Gasteiger partial charge in [0, 0.05) is 12.5 Å². The third kappa shape index (κ3) is 1.50. The maximum Gasteiger partial charge on any atom is 0.392 e. The highest BCUT2D eigenvalue weighted by Crippen LogP contribution is 2.59. The van der Waals surface area contributed by atoms with E-state index >= 15 is 0 Å². The van der Waals surface area contributed by atoms with E-state index in [0.29, 0.717) is 6.54 Å². The zero-order valence-corrected chi connectivity index (χ0v) is 8.93. The van der Waals surface area contributed by atoms with Gasteiger partial charge >= 0.3 is 12.1 Å². The summed E-state index contributed by atoms with van der Waals surface area (Å²) in [6.07, 6.45) is -4.33. The molecule has 0 aromatic carbocycles. The molecular formula is C10H14F3NO2. The smallest absolute Gasteiger partial charge is 0.392 e. The van der Waals surface area contributed by atoms with Crippen LogP contribution < -0.4 is 5.32 Å². The molecule has 1 aliphatic heterocycles. The average Bonchev–Trinajstić information content (AvgIpc) is 2.42. The number of nitrogens with one attached hydrogen (secondary N) is 1. The van der Waals surface area contributed by atoms with Gasteiger partial charge in [0.05, 0.1) is 17.9 Å². The molecule has 2 rings (SSSR count). The van der Waals surface area contributed by atoms with Gasteiger partial charge in [-0.05, 0) is 19.9 Å². The molecule has 1 heterocycles. The first-order chi connectivity index (χ1) is 7.42. The van der Waals surface area contributed by atoms with Crippen LogP contribution in [0.15, 0.2) is 0 Å². The lowest BCUT2D eigenvalue weighted by Gasteiger charge is -2.48. The molecule has 1 aliphatic carbocycles. The van der Waals surface area contributed by atoms with E-state index in [0.717, 1.165) is 0 Å². The Bertz CT molecular complexity index is 305. The van der Waals surface area contributed by atoms with Gasteiger partial charge in [-0.3, -0.25) is 4.79 Å². The van der Waals surface area contributed by atoms with Gasteiger partial charge in [-0.15, -0.1) is 0 Å². The second-order valence-corrected chi connectivity index (χ2v) is 4.47. The molecule has 0 radical (unpaired) electrons. The van der Waals surface area contributed by atoms with Crippen LogP contribution >= 0.6 is 0 Å². The summed E-state index contributed by atoms with van der Waals surface area (Å²) in [6, 6.07) is 0. The van der Waals surface area contributed by atoms with Crippen LogP contribution in [0.1, 0.15) is 13.3 Å². The van der Waals surface area contributed by atoms with Crippen molar-refractivity contribution < 1.29 is 22.7 Å². The monoisotopic (exact) mass is 237 g/mol. The second kappa shape index (κ2) is 3.61. The normalized spacial score (nSPS) is 37.8. The Morgan fingerprint density at radius 1 is 1.56 bits per heavy atom. The predicted octanol–water partition coefficient (Wildman–Crippen LogP) is 1.34. The van der Waals surface area contributed by atoms with E-state index in [2.05, 4.69) is 5.32 Å². The molecule has 0 bridgehead atoms. The Kier molecular flexibility index (Phi) is 2.64. The van der Waals surface area contributed by atoms with Crippen molar-refractivity contribution in [2.45, 2.75) is 19.5 Å². The molecule has 2 aliphatic rings. The number of rotatable bonds is 2. The number of hydrogen-bond donors (Lipinski definition) is 1. The highest BCUT2D eigenvalue weighted by Gasteiger charge is 2.68. The minimum Gasteiger partial charge on any atom is -0.466 e. The van der Waals surface area contributed by atoms with E-state index in [1.807, 2.05) is 0 Å². The van der Waals surface area contributed by atoms with Gasteiger partial charge in [0.25, 0.3) is 0 Å². The molecule has 0 amide bonds. The summed E-state index contributed by atoms with van der Waals surface area (Å²) in [6.45, 7) is 2.43. The van der Waals surface area contributed by atoms with Crippen LogP contribution in [0.25, 0.3) is 0 Å². The Hall–Kier alpha value is -0.780. The highest BCUT2D eigenvalue weighted by molar-refractivity contribution is 5.79. The molecular weight excluding hydrogens is 223 g/mol. The summed E-state index contributed by atoms with van der Waals surface area (Å²) < 4.78 is 42.6. The summed E-state index contributed by atoms with van der Waals surface area (Å²) >= 11 is 0. The van der Waals surface area contributed by atoms with E-state index in [9.17, 15) is 18.0 Å². The predicted molar refractivity (Wildman–Crippen MR) is 49.6 cm³/mol. The number of alkyl halides is 3. The first-order valence-electron chi connectivity index (χ1n) is 5.36. The maximum absolute atomic E-state index is 12.6. The summed E-state index contributed by atoms with van der Waals surface area (Å²) in [5.41, 5.74) is -0.920. The molecule has 0 aromatic heterocycles. The van der Waals surface area contributed by atoms with Crippen LogP contribution in [0.5, 0.6) is 0 Å². The minimum absolute atomic E-state index is 0.132. The topological polar surface area (TPSA) is 38.3 Å². The van der Waals surface area contributed by atoms with Gasteiger partial charge in [0.2, 0.25) is 0 Å². The number of ether oxygens (including phenoxy) is 1. The van der Waals surface area contributed by atoms with Gasteiger partial charge in [-0.25, -0.2) is 0 Å². The number of fused-ring (bicyclic) bond motifs is 1. The fraction of sp³-hybridized carbons (Fsp3) is 0.900. The number of carbonyl (C=O) groups excluding carboxylic acids is 1. The molecule has 1 saturated heterocycles. The van der Waals surface area contributed by atoms with Crippen molar-refractivity contribution in [3.63, 3.8) is 0 Å². The zero-order chi connectivity index (χ0) is 12.0. The highest BCUT2D eigenvalue weighted by atomic mass is 19.4. The molecule has 16 heavy (non-hydrogen) atoms. The molecule has 2 fully saturated rings. The van der Waals surface area contributed by atoms with E-state index in [1.165, 1.54) is 0 Å². The van der Waals surface area contributed by atoms with Crippen LogP contribution in [0.2, 0.25) is 0 Å². The van der Waals surface area contributed by atoms with Crippen molar-refractivity contribution >= 4 is 5.97 Å². The van der Waals surface area contributed by atoms with Crippen LogP contribution in [-0.4, -0.2) is 31.8 Å². The SMILES string of the molecule is CCOC(=O)[C@@]12CNC[C@@H]1[C@@H](C(F)(F)F)C2. The molecule has 6 heteroatoms. The number of esters is 1. The van der Waals surface area contributed by atoms with Crippen LogP contribution in [0.3, 0.4) is 0 Å². The number of halogens is 3. The Labute approximate surface area is 91.3 Å². The van der Waals surface area contributed by atoms with Gasteiger partial charge in [0.15, 0.2) is 0 Å². The van der Waals surface area contributed by atoms with Crippen LogP contribution in [0.4, 0.5) is 13.2 Å². The van der Waals surface area contributed by atoms with Gasteiger partial charge in [-0.2, -0.15) is 13.2 Å². The largest absolute Gasteiger partial charge is 0.466 e. The minimum atomic E-state index is -4.20. The zero-order valence-electron chi connectivity index (χ0n) is 8.93. The molecule has 0 unspecified atom stereocenters. The lowest BCUT2D eigenvalue weighted by Crippen LogP contribution is -2.57. The average molecular weight is 237 g/mol. The standard InChI is InChI=1S/C10H14F3NO2/c1-2-16-8(15)9-3-6(10(11,12)13)7(9)4-14-5-9/h6-7,14H,2-5H2,1H3/t6-,7+,9-/m0/s1. The lowest BCUT2D eigenvalue weighted by atomic mass is 9.55. The molecule has 92 valence electrons. The molecule has 3 nitrogen and oxygen atoms in total. The van der Waals surface area contributed by atoms with Crippen molar-refractivity contribution in [3.05, 3.63) is 0 Å². The second-order valence-electron chi connectivity index (χ2n) is 4.47. The first-order valence-corrected chi connectivity index (χ1v) is 5.36. The molecule has 1 N–H and O–H groups in total. The molecule has 0 spiro atoms. The maximum atomic E-state index is 12.6. The van der Waals surface area contributed by atoms with Crippen molar-refractivity contribution in [3.8, 4) is 0 Å². The van der Waals surface area contributed by atoms with E-state index < -0.39 is 29.4 Å². The first kappa shape index (κ1) is 11.7. The van der Waals surface area contributed by atoms with Crippen molar-refractivity contribution in [2.75, 3.05) is 19.7 Å². The van der Waals surface area contributed by atoms with Crippen LogP contribution in [0, 0.1) is 17.3 Å². The lowest BCUT2D eigenvalue weighted by molar-refractivity contribution is -0.243. The number of hydrogen-bond acceptors (Lipinski definition) is 3. The van der Waals surface area contributed by atoms with Crippen molar-refractivity contribution in [1.29, 1.82) is 0 Å². The third-order valence-corrected chi connectivity index (χ3v) is 3.69. The van der Waals surface area contributed by atoms with E-state index in [4.69, 9.17) is 4.74 Å². The van der Waals surface area contributed by atoms with E-state index in [-0.39, 0.29) is 19.6 Å². The summed E-state index contributed by atoms with van der Waals surface area (Å²) in [5.74, 6) is -2.48. The van der Waals surface area contributed by atoms with Crippen molar-refractivity contribution in [1.82, 2.24) is 5.32 Å². The van der Waals surface area contributed by atoms with Crippen LogP contribution in [-0.2, 0) is 9.53 Å². The third-order valence-electron chi connectivity index (χ3n) is 3.69. The Morgan fingerprint density at radius 3 is 2.81 bits per heavy atom. The Morgan fingerprint density at radius 2 is 2.25 bits per heavy atom. The summed E-state index contributed by atoms with van der Waals surface area (Å²) in [7, 11) is 0. The van der Waals surface area contributed by atoms with Gasteiger partial charge in [-0.1, -0.05) is 0 Å². The molecule has 0 aromatic rings. The fourth-order valence-electron chi connectivity index (χ4n) is 2.83. The molecule has 3 atom stereocenters. The van der Waals surface area contributed by atoms with Crippen molar-refractivity contribution in [2.24, 2.45) is 17.3 Å². The van der Waals surface area contributed by atoms with Gasteiger partial charge in [0.1, 0.15) is 0 Å².